The van der Waals surface area contributed by atoms with Gasteiger partial charge in [0.2, 0.25) is 5.91 Å². The van der Waals surface area contributed by atoms with Gasteiger partial charge in [-0.1, -0.05) is 18.9 Å². The van der Waals surface area contributed by atoms with Gasteiger partial charge in [-0.3, -0.25) is 9.69 Å². The Balaban J connectivity index is 1.97. The number of hydrogen-bond acceptors (Lipinski definition) is 2. The Morgan fingerprint density at radius 2 is 1.90 bits per heavy atom. The highest BCUT2D eigenvalue weighted by molar-refractivity contribution is 5.94. The molecule has 0 unspecified atom stereocenters. The summed E-state index contributed by atoms with van der Waals surface area (Å²) in [5.41, 5.74) is 1.11. The second-order valence-corrected chi connectivity index (χ2v) is 5.58. The van der Waals surface area contributed by atoms with Crippen LogP contribution in [0.1, 0.15) is 38.2 Å². The van der Waals surface area contributed by atoms with Crippen molar-refractivity contribution >= 4 is 11.6 Å². The molecule has 4 heteroatoms. The van der Waals surface area contributed by atoms with E-state index in [2.05, 4.69) is 10.2 Å². The Morgan fingerprint density at radius 3 is 2.50 bits per heavy atom. The second kappa shape index (κ2) is 6.84. The monoisotopic (exact) mass is 278 g/mol. The largest absolute Gasteiger partial charge is 0.325 e. The molecule has 1 heterocycles. The summed E-state index contributed by atoms with van der Waals surface area (Å²) in [5.74, 6) is -0.347. The minimum absolute atomic E-state index is 0.0600. The lowest BCUT2D eigenvalue weighted by atomic mass is 10.2. The Hall–Kier alpha value is -1.42. The zero-order valence-corrected chi connectivity index (χ0v) is 12.3. The fraction of sp³-hybridized carbons (Fsp3) is 0.562. The Bertz CT molecular complexity index is 468. The Labute approximate surface area is 120 Å². The SMILES string of the molecule is Cc1ccc(NC(=O)[C@@H](C)N2CCCCCC2)cc1F. The first kappa shape index (κ1) is 15.0. The average molecular weight is 278 g/mol. The van der Waals surface area contributed by atoms with Gasteiger partial charge in [0.1, 0.15) is 5.82 Å². The lowest BCUT2D eigenvalue weighted by molar-refractivity contribution is -0.120. The van der Waals surface area contributed by atoms with Gasteiger partial charge in [-0.25, -0.2) is 4.39 Å². The number of aryl methyl sites for hydroxylation is 1. The standard InChI is InChI=1S/C16H23FN2O/c1-12-7-8-14(11-15(12)17)18-16(20)13(2)19-9-5-3-4-6-10-19/h7-8,11,13H,3-6,9-10H2,1-2H3,(H,18,20)/t13-/m1/s1. The normalized spacial score (nSPS) is 18.4. The molecule has 0 aromatic heterocycles. The number of amides is 1. The highest BCUT2D eigenvalue weighted by atomic mass is 19.1. The number of rotatable bonds is 3. The highest BCUT2D eigenvalue weighted by Crippen LogP contribution is 2.16. The molecule has 0 saturated carbocycles. The zero-order chi connectivity index (χ0) is 14.5. The molecule has 0 bridgehead atoms. The van der Waals surface area contributed by atoms with Gasteiger partial charge in [-0.05, 0) is 57.5 Å². The van der Waals surface area contributed by atoms with Crippen molar-refractivity contribution in [3.05, 3.63) is 29.6 Å². The molecule has 1 fully saturated rings. The summed E-state index contributed by atoms with van der Waals surface area (Å²) in [6.45, 7) is 5.57. The van der Waals surface area contributed by atoms with Crippen LogP contribution in [0.15, 0.2) is 18.2 Å². The van der Waals surface area contributed by atoms with E-state index in [0.29, 0.717) is 11.3 Å². The molecule has 1 N–H and O–H groups in total. The first-order valence-corrected chi connectivity index (χ1v) is 7.39. The molecule has 1 amide bonds. The van der Waals surface area contributed by atoms with Gasteiger partial charge in [0.25, 0.3) is 0 Å². The van der Waals surface area contributed by atoms with Crippen molar-refractivity contribution in [1.82, 2.24) is 4.90 Å². The number of carbonyl (C=O) groups is 1. The average Bonchev–Trinajstić information content (AvgIpc) is 2.71. The smallest absolute Gasteiger partial charge is 0.241 e. The number of nitrogens with one attached hydrogen (secondary N) is 1. The van der Waals surface area contributed by atoms with Crippen LogP contribution >= 0.6 is 0 Å². The number of anilines is 1. The number of likely N-dealkylation sites (tertiary alicyclic amines) is 1. The molecule has 2 rings (SSSR count). The van der Waals surface area contributed by atoms with E-state index < -0.39 is 0 Å². The number of hydrogen-bond donors (Lipinski definition) is 1. The summed E-state index contributed by atoms with van der Waals surface area (Å²) in [4.78, 5) is 14.5. The molecule has 1 saturated heterocycles. The highest BCUT2D eigenvalue weighted by Gasteiger charge is 2.22. The van der Waals surface area contributed by atoms with E-state index in [9.17, 15) is 9.18 Å². The van der Waals surface area contributed by atoms with Gasteiger partial charge in [-0.15, -0.1) is 0 Å². The third-order valence-electron chi connectivity index (χ3n) is 4.01. The summed E-state index contributed by atoms with van der Waals surface area (Å²) in [6, 6.07) is 4.63. The maximum atomic E-state index is 13.5. The molecule has 20 heavy (non-hydrogen) atoms. The van der Waals surface area contributed by atoms with E-state index in [0.717, 1.165) is 25.9 Å². The van der Waals surface area contributed by atoms with Crippen molar-refractivity contribution in [2.24, 2.45) is 0 Å². The van der Waals surface area contributed by atoms with Crippen LogP contribution in [-0.2, 0) is 4.79 Å². The summed E-state index contributed by atoms with van der Waals surface area (Å²) < 4.78 is 13.5. The maximum absolute atomic E-state index is 13.5. The molecule has 3 nitrogen and oxygen atoms in total. The van der Waals surface area contributed by atoms with E-state index in [1.807, 2.05) is 6.92 Å². The Morgan fingerprint density at radius 1 is 1.25 bits per heavy atom. The van der Waals surface area contributed by atoms with Gasteiger partial charge >= 0.3 is 0 Å². The third-order valence-corrected chi connectivity index (χ3v) is 4.01. The predicted molar refractivity (Wildman–Crippen MR) is 79.3 cm³/mol. The van der Waals surface area contributed by atoms with Crippen molar-refractivity contribution < 1.29 is 9.18 Å². The molecular weight excluding hydrogens is 255 g/mol. The fourth-order valence-electron chi connectivity index (χ4n) is 2.57. The molecule has 1 aromatic carbocycles. The summed E-state index contributed by atoms with van der Waals surface area (Å²) in [5, 5.41) is 2.81. The summed E-state index contributed by atoms with van der Waals surface area (Å²) >= 11 is 0. The van der Waals surface area contributed by atoms with Crippen LogP contribution in [0.4, 0.5) is 10.1 Å². The van der Waals surface area contributed by atoms with Crippen LogP contribution in [0.3, 0.4) is 0 Å². The second-order valence-electron chi connectivity index (χ2n) is 5.58. The van der Waals surface area contributed by atoms with Gasteiger partial charge in [0, 0.05) is 5.69 Å². The lowest BCUT2D eigenvalue weighted by Crippen LogP contribution is -2.42. The van der Waals surface area contributed by atoms with E-state index in [1.165, 1.54) is 18.9 Å². The van der Waals surface area contributed by atoms with Crippen LogP contribution < -0.4 is 5.32 Å². The van der Waals surface area contributed by atoms with Gasteiger partial charge < -0.3 is 5.32 Å². The fourth-order valence-corrected chi connectivity index (χ4v) is 2.57. The summed E-state index contributed by atoms with van der Waals surface area (Å²) in [6.07, 6.45) is 4.79. The Kier molecular flexibility index (Phi) is 5.12. The number of halogens is 1. The van der Waals surface area contributed by atoms with E-state index in [1.54, 1.807) is 19.1 Å². The topological polar surface area (TPSA) is 32.3 Å². The van der Waals surface area contributed by atoms with Crippen molar-refractivity contribution in [3.8, 4) is 0 Å². The van der Waals surface area contributed by atoms with E-state index in [4.69, 9.17) is 0 Å². The van der Waals surface area contributed by atoms with E-state index in [-0.39, 0.29) is 17.8 Å². The molecule has 1 aliphatic rings. The summed E-state index contributed by atoms with van der Waals surface area (Å²) in [7, 11) is 0. The lowest BCUT2D eigenvalue weighted by Gasteiger charge is -2.26. The number of carbonyl (C=O) groups excluding carboxylic acids is 1. The van der Waals surface area contributed by atoms with E-state index >= 15 is 0 Å². The molecule has 110 valence electrons. The first-order valence-electron chi connectivity index (χ1n) is 7.39. The molecule has 0 radical (unpaired) electrons. The molecule has 1 aromatic rings. The van der Waals surface area contributed by atoms with Crippen LogP contribution in [0.2, 0.25) is 0 Å². The van der Waals surface area contributed by atoms with Crippen molar-refractivity contribution in [3.63, 3.8) is 0 Å². The van der Waals surface area contributed by atoms with Gasteiger partial charge in [-0.2, -0.15) is 0 Å². The van der Waals surface area contributed by atoms with Crippen molar-refractivity contribution in [2.45, 2.75) is 45.6 Å². The maximum Gasteiger partial charge on any atom is 0.241 e. The van der Waals surface area contributed by atoms with Crippen molar-refractivity contribution in [1.29, 1.82) is 0 Å². The third kappa shape index (κ3) is 3.79. The number of nitrogens with zero attached hydrogens (tertiary/aromatic N) is 1. The minimum atomic E-state index is -0.287. The zero-order valence-electron chi connectivity index (χ0n) is 12.3. The molecule has 0 spiro atoms. The van der Waals surface area contributed by atoms with Gasteiger partial charge in [0.15, 0.2) is 0 Å². The minimum Gasteiger partial charge on any atom is -0.325 e. The van der Waals surface area contributed by atoms with Crippen LogP contribution in [0.25, 0.3) is 0 Å². The molecule has 1 atom stereocenters. The van der Waals surface area contributed by atoms with Crippen LogP contribution in [-0.4, -0.2) is 29.9 Å². The predicted octanol–water partition coefficient (Wildman–Crippen LogP) is 3.34. The van der Waals surface area contributed by atoms with Crippen LogP contribution in [0.5, 0.6) is 0 Å². The quantitative estimate of drug-likeness (QED) is 0.919. The number of benzene rings is 1. The molecule has 0 aliphatic carbocycles. The molecular formula is C16H23FN2O. The molecule has 1 aliphatic heterocycles. The first-order chi connectivity index (χ1) is 9.58. The van der Waals surface area contributed by atoms with Crippen LogP contribution in [0, 0.1) is 12.7 Å². The van der Waals surface area contributed by atoms with Gasteiger partial charge in [0.05, 0.1) is 6.04 Å². The van der Waals surface area contributed by atoms with Crippen molar-refractivity contribution in [2.75, 3.05) is 18.4 Å².